The van der Waals surface area contributed by atoms with Crippen LogP contribution in [0.25, 0.3) is 0 Å². The molecule has 0 fully saturated rings. The van der Waals surface area contributed by atoms with E-state index in [1.165, 1.54) is 0 Å². The average Bonchev–Trinajstić information content (AvgIpc) is 2.73. The van der Waals surface area contributed by atoms with Crippen LogP contribution in [0.1, 0.15) is 43.9 Å². The van der Waals surface area contributed by atoms with Crippen LogP contribution in [-0.2, 0) is 15.8 Å². The number of alkyl halides is 3. The van der Waals surface area contributed by atoms with Gasteiger partial charge in [-0.2, -0.15) is 13.2 Å². The Bertz CT molecular complexity index is 978. The number of carbonyl (C=O) groups is 2. The van der Waals surface area contributed by atoms with Gasteiger partial charge in [0.25, 0.3) is 5.69 Å². The summed E-state index contributed by atoms with van der Waals surface area (Å²) >= 11 is 0. The summed E-state index contributed by atoms with van der Waals surface area (Å²) < 4.78 is 38.3. The third-order valence-corrected chi connectivity index (χ3v) is 4.58. The van der Waals surface area contributed by atoms with Crippen molar-refractivity contribution in [2.75, 3.05) is 17.2 Å². The van der Waals surface area contributed by atoms with Crippen molar-refractivity contribution in [3.8, 4) is 0 Å². The molecule has 172 valence electrons. The molecule has 1 unspecified atom stereocenters. The Morgan fingerprint density at radius 1 is 1.09 bits per heavy atom. The fraction of sp³-hybridized carbons (Fsp3) is 0.333. The van der Waals surface area contributed by atoms with Gasteiger partial charge < -0.3 is 16.0 Å². The van der Waals surface area contributed by atoms with E-state index in [-0.39, 0.29) is 36.5 Å². The smallest absolute Gasteiger partial charge is 0.379 e. The maximum absolute atomic E-state index is 12.8. The number of nitrogens with one attached hydrogen (secondary N) is 3. The molecular weight excluding hydrogens is 429 g/mol. The largest absolute Gasteiger partial charge is 0.416 e. The Balaban J connectivity index is 1.90. The van der Waals surface area contributed by atoms with E-state index < -0.39 is 22.4 Å². The number of carbonyl (C=O) groups excluding carboxylic acids is 2. The first-order valence-corrected chi connectivity index (χ1v) is 9.80. The van der Waals surface area contributed by atoms with E-state index in [4.69, 9.17) is 0 Å². The number of hydrogen-bond donors (Lipinski definition) is 3. The first-order chi connectivity index (χ1) is 15.0. The van der Waals surface area contributed by atoms with Crippen LogP contribution >= 0.6 is 0 Å². The topological polar surface area (TPSA) is 113 Å². The fourth-order valence-corrected chi connectivity index (χ4v) is 2.82. The van der Waals surface area contributed by atoms with Crippen molar-refractivity contribution >= 4 is 28.9 Å². The van der Waals surface area contributed by atoms with Gasteiger partial charge in [-0.1, -0.05) is 19.1 Å². The molecule has 2 aromatic rings. The van der Waals surface area contributed by atoms with Crippen LogP contribution in [0.4, 0.5) is 30.2 Å². The maximum atomic E-state index is 12.8. The first kappa shape index (κ1) is 24.6. The van der Waals surface area contributed by atoms with Crippen molar-refractivity contribution in [3.63, 3.8) is 0 Å². The SMILES string of the molecule is CCC(=O)Nc1ccc(C(C)NC(=O)CCNc2ccc(C(F)(F)F)cc2[N+](=O)[O-])cc1. The zero-order valence-corrected chi connectivity index (χ0v) is 17.5. The Morgan fingerprint density at radius 2 is 1.75 bits per heavy atom. The molecule has 0 heterocycles. The van der Waals surface area contributed by atoms with Crippen LogP contribution in [0.3, 0.4) is 0 Å². The van der Waals surface area contributed by atoms with E-state index >= 15 is 0 Å². The molecule has 0 aliphatic heterocycles. The monoisotopic (exact) mass is 452 g/mol. The Hall–Kier alpha value is -3.63. The molecule has 0 aliphatic rings. The van der Waals surface area contributed by atoms with Crippen LogP contribution in [0, 0.1) is 10.1 Å². The molecule has 1 atom stereocenters. The van der Waals surface area contributed by atoms with Crippen LogP contribution in [0.2, 0.25) is 0 Å². The molecule has 2 amide bonds. The van der Waals surface area contributed by atoms with E-state index in [0.717, 1.165) is 17.7 Å². The minimum absolute atomic E-state index is 0.00720. The molecule has 0 saturated heterocycles. The van der Waals surface area contributed by atoms with E-state index in [9.17, 15) is 32.9 Å². The van der Waals surface area contributed by atoms with Gasteiger partial charge in [0.15, 0.2) is 0 Å². The van der Waals surface area contributed by atoms with Crippen LogP contribution in [0.5, 0.6) is 0 Å². The molecule has 0 radical (unpaired) electrons. The lowest BCUT2D eigenvalue weighted by atomic mass is 10.1. The van der Waals surface area contributed by atoms with E-state index in [2.05, 4.69) is 16.0 Å². The molecule has 0 saturated carbocycles. The number of benzene rings is 2. The van der Waals surface area contributed by atoms with Gasteiger partial charge in [0.2, 0.25) is 11.8 Å². The zero-order valence-electron chi connectivity index (χ0n) is 17.5. The van der Waals surface area contributed by atoms with Crippen molar-refractivity contribution in [1.82, 2.24) is 5.32 Å². The molecule has 32 heavy (non-hydrogen) atoms. The lowest BCUT2D eigenvalue weighted by Crippen LogP contribution is -2.28. The Labute approximate surface area is 182 Å². The van der Waals surface area contributed by atoms with Crippen molar-refractivity contribution in [3.05, 3.63) is 63.7 Å². The summed E-state index contributed by atoms with van der Waals surface area (Å²) in [5.74, 6) is -0.456. The molecule has 0 aliphatic carbocycles. The number of anilines is 2. The zero-order chi connectivity index (χ0) is 23.9. The predicted molar refractivity (Wildman–Crippen MR) is 113 cm³/mol. The van der Waals surface area contributed by atoms with Gasteiger partial charge in [0.05, 0.1) is 16.5 Å². The van der Waals surface area contributed by atoms with Gasteiger partial charge in [-0.15, -0.1) is 0 Å². The van der Waals surface area contributed by atoms with Gasteiger partial charge in [0, 0.05) is 31.1 Å². The highest BCUT2D eigenvalue weighted by atomic mass is 19.4. The lowest BCUT2D eigenvalue weighted by molar-refractivity contribution is -0.384. The summed E-state index contributed by atoms with van der Waals surface area (Å²) in [4.78, 5) is 33.8. The minimum atomic E-state index is -4.70. The molecule has 2 rings (SSSR count). The molecule has 2 aromatic carbocycles. The summed E-state index contributed by atoms with van der Waals surface area (Å²) in [6, 6.07) is 8.80. The molecular formula is C21H23F3N4O4. The third-order valence-electron chi connectivity index (χ3n) is 4.58. The number of nitrogens with zero attached hydrogens (tertiary/aromatic N) is 1. The molecule has 0 aromatic heterocycles. The summed E-state index contributed by atoms with van der Waals surface area (Å²) in [6.07, 6.45) is -4.38. The number of nitro groups is 1. The number of hydrogen-bond acceptors (Lipinski definition) is 5. The molecule has 11 heteroatoms. The van der Waals surface area contributed by atoms with Gasteiger partial charge in [-0.05, 0) is 36.8 Å². The van der Waals surface area contributed by atoms with E-state index in [1.54, 1.807) is 38.1 Å². The maximum Gasteiger partial charge on any atom is 0.416 e. The number of amides is 2. The average molecular weight is 452 g/mol. The van der Waals surface area contributed by atoms with Gasteiger partial charge in [0.1, 0.15) is 5.69 Å². The highest BCUT2D eigenvalue weighted by Crippen LogP contribution is 2.34. The van der Waals surface area contributed by atoms with Crippen molar-refractivity contribution in [2.45, 2.75) is 38.9 Å². The molecule has 0 bridgehead atoms. The second-order valence-corrected chi connectivity index (χ2v) is 6.98. The standard InChI is InChI=1S/C21H23F3N4O4/c1-3-19(29)27-16-7-4-14(5-8-16)13(2)26-20(30)10-11-25-17-9-6-15(21(22,23)24)12-18(17)28(31)32/h4-9,12-13,25H,3,10-11H2,1-2H3,(H,26,30)(H,27,29). The molecule has 3 N–H and O–H groups in total. The first-order valence-electron chi connectivity index (χ1n) is 9.80. The minimum Gasteiger partial charge on any atom is -0.379 e. The highest BCUT2D eigenvalue weighted by molar-refractivity contribution is 5.90. The van der Waals surface area contributed by atoms with Crippen molar-refractivity contribution in [2.24, 2.45) is 0 Å². The third kappa shape index (κ3) is 6.96. The quantitative estimate of drug-likeness (QED) is 0.379. The predicted octanol–water partition coefficient (Wildman–Crippen LogP) is 4.64. The van der Waals surface area contributed by atoms with E-state index in [1.807, 2.05) is 0 Å². The summed E-state index contributed by atoms with van der Waals surface area (Å²) in [7, 11) is 0. The van der Waals surface area contributed by atoms with Crippen LogP contribution in [0.15, 0.2) is 42.5 Å². The normalized spacial score (nSPS) is 12.0. The summed E-state index contributed by atoms with van der Waals surface area (Å²) in [5, 5.41) is 19.2. The van der Waals surface area contributed by atoms with Gasteiger partial charge in [-0.3, -0.25) is 19.7 Å². The van der Waals surface area contributed by atoms with Crippen LogP contribution < -0.4 is 16.0 Å². The van der Waals surface area contributed by atoms with Gasteiger partial charge >= 0.3 is 6.18 Å². The van der Waals surface area contributed by atoms with Crippen molar-refractivity contribution in [1.29, 1.82) is 0 Å². The Morgan fingerprint density at radius 3 is 2.31 bits per heavy atom. The van der Waals surface area contributed by atoms with E-state index in [0.29, 0.717) is 18.2 Å². The second-order valence-electron chi connectivity index (χ2n) is 6.98. The summed E-state index contributed by atoms with van der Waals surface area (Å²) in [5.41, 5.74) is -0.500. The van der Waals surface area contributed by atoms with Crippen LogP contribution in [-0.4, -0.2) is 23.3 Å². The number of rotatable bonds is 9. The van der Waals surface area contributed by atoms with Gasteiger partial charge in [-0.25, -0.2) is 0 Å². The molecule has 8 nitrogen and oxygen atoms in total. The molecule has 0 spiro atoms. The number of halogens is 3. The fourth-order valence-electron chi connectivity index (χ4n) is 2.82. The lowest BCUT2D eigenvalue weighted by Gasteiger charge is -2.15. The highest BCUT2D eigenvalue weighted by Gasteiger charge is 2.33. The second kappa shape index (κ2) is 10.6. The summed E-state index contributed by atoms with van der Waals surface area (Å²) in [6.45, 7) is 3.50. The van der Waals surface area contributed by atoms with Crippen molar-refractivity contribution < 1.29 is 27.7 Å². The Kier molecular flexibility index (Phi) is 8.16. The number of nitro benzene ring substituents is 1.